The molecule has 0 bridgehead atoms. The van der Waals surface area contributed by atoms with Crippen molar-refractivity contribution in [3.05, 3.63) is 21.9 Å². The number of thiophene rings is 1. The standard InChI is InChI=1S/C18H28N2OS/c1-18(2,3)12-17(21)19-8-4-15(5-9-19)20-10-6-16-14(13-20)7-11-22-16/h7,11,15H,4-6,8-10,12-13H2,1-3H3. The Labute approximate surface area is 138 Å². The summed E-state index contributed by atoms with van der Waals surface area (Å²) in [6.45, 7) is 10.6. The maximum absolute atomic E-state index is 12.3. The third-order valence-electron chi connectivity index (χ3n) is 4.85. The van der Waals surface area contributed by atoms with Crippen molar-refractivity contribution >= 4 is 17.2 Å². The second-order valence-corrected chi connectivity index (χ2v) is 8.94. The summed E-state index contributed by atoms with van der Waals surface area (Å²) in [5, 5.41) is 2.22. The van der Waals surface area contributed by atoms with Crippen molar-refractivity contribution in [1.82, 2.24) is 9.80 Å². The molecular formula is C18H28N2OS. The Balaban J connectivity index is 1.51. The van der Waals surface area contributed by atoms with Crippen LogP contribution in [0.5, 0.6) is 0 Å². The SMILES string of the molecule is CC(C)(C)CC(=O)N1CCC(N2CCc3sccc3C2)CC1. The minimum atomic E-state index is 0.0934. The Morgan fingerprint density at radius 3 is 2.68 bits per heavy atom. The maximum Gasteiger partial charge on any atom is 0.223 e. The topological polar surface area (TPSA) is 23.6 Å². The number of nitrogens with zero attached hydrogens (tertiary/aromatic N) is 2. The van der Waals surface area contributed by atoms with Crippen LogP contribution in [0.3, 0.4) is 0 Å². The van der Waals surface area contributed by atoms with Crippen molar-refractivity contribution in [2.45, 2.75) is 59.0 Å². The van der Waals surface area contributed by atoms with Gasteiger partial charge in [0.05, 0.1) is 0 Å². The van der Waals surface area contributed by atoms with E-state index in [9.17, 15) is 4.79 Å². The molecule has 0 aliphatic carbocycles. The molecule has 3 rings (SSSR count). The number of amides is 1. The van der Waals surface area contributed by atoms with Gasteiger partial charge in [0.15, 0.2) is 0 Å². The number of likely N-dealkylation sites (tertiary alicyclic amines) is 1. The Kier molecular flexibility index (Phi) is 4.60. The van der Waals surface area contributed by atoms with Crippen molar-refractivity contribution in [1.29, 1.82) is 0 Å². The van der Waals surface area contributed by atoms with Crippen LogP contribution in [0, 0.1) is 5.41 Å². The van der Waals surface area contributed by atoms with E-state index in [0.717, 1.165) is 32.5 Å². The number of rotatable bonds is 2. The van der Waals surface area contributed by atoms with Gasteiger partial charge >= 0.3 is 0 Å². The minimum Gasteiger partial charge on any atom is -0.343 e. The Morgan fingerprint density at radius 2 is 2.00 bits per heavy atom. The van der Waals surface area contributed by atoms with Crippen LogP contribution in [-0.4, -0.2) is 41.4 Å². The zero-order chi connectivity index (χ0) is 15.7. The van der Waals surface area contributed by atoms with Gasteiger partial charge in [-0.15, -0.1) is 11.3 Å². The first kappa shape index (κ1) is 16.0. The molecule has 4 heteroatoms. The summed E-state index contributed by atoms with van der Waals surface area (Å²) in [6, 6.07) is 2.94. The molecule has 1 aromatic rings. The van der Waals surface area contributed by atoms with Crippen LogP contribution in [0.1, 0.15) is 50.5 Å². The van der Waals surface area contributed by atoms with Gasteiger partial charge in [-0.25, -0.2) is 0 Å². The van der Waals surface area contributed by atoms with Crippen LogP contribution in [-0.2, 0) is 17.8 Å². The quantitative estimate of drug-likeness (QED) is 0.832. The Bertz CT molecular complexity index is 523. The summed E-state index contributed by atoms with van der Waals surface area (Å²) in [5.74, 6) is 0.338. The lowest BCUT2D eigenvalue weighted by atomic mass is 9.91. The molecule has 0 aromatic carbocycles. The van der Waals surface area contributed by atoms with Gasteiger partial charge in [-0.2, -0.15) is 0 Å². The lowest BCUT2D eigenvalue weighted by Gasteiger charge is -2.40. The number of carbonyl (C=O) groups excluding carboxylic acids is 1. The number of carbonyl (C=O) groups is 1. The molecule has 1 aromatic heterocycles. The molecule has 1 amide bonds. The van der Waals surface area contributed by atoms with E-state index in [4.69, 9.17) is 0 Å². The molecule has 0 atom stereocenters. The minimum absolute atomic E-state index is 0.0934. The summed E-state index contributed by atoms with van der Waals surface area (Å²) in [5.41, 5.74) is 1.62. The first-order valence-electron chi connectivity index (χ1n) is 8.49. The van der Waals surface area contributed by atoms with Gasteiger partial charge in [-0.1, -0.05) is 20.8 Å². The van der Waals surface area contributed by atoms with Gasteiger partial charge in [0.25, 0.3) is 0 Å². The van der Waals surface area contributed by atoms with Crippen LogP contribution >= 0.6 is 11.3 Å². The predicted octanol–water partition coefficient (Wildman–Crippen LogP) is 3.53. The summed E-state index contributed by atoms with van der Waals surface area (Å²) >= 11 is 1.90. The van der Waals surface area contributed by atoms with Crippen LogP contribution in [0.4, 0.5) is 0 Å². The molecule has 0 radical (unpaired) electrons. The van der Waals surface area contributed by atoms with E-state index in [2.05, 4.69) is 42.0 Å². The molecule has 2 aliphatic heterocycles. The summed E-state index contributed by atoms with van der Waals surface area (Å²) in [4.78, 5) is 18.6. The van der Waals surface area contributed by atoms with E-state index in [1.807, 2.05) is 11.3 Å². The smallest absolute Gasteiger partial charge is 0.223 e. The van der Waals surface area contributed by atoms with Crippen LogP contribution in [0.2, 0.25) is 0 Å². The van der Waals surface area contributed by atoms with Crippen LogP contribution in [0.25, 0.3) is 0 Å². The highest BCUT2D eigenvalue weighted by Crippen LogP contribution is 2.28. The fourth-order valence-corrected chi connectivity index (χ4v) is 4.52. The molecule has 1 fully saturated rings. The predicted molar refractivity (Wildman–Crippen MR) is 92.1 cm³/mol. The van der Waals surface area contributed by atoms with Gasteiger partial charge in [0.1, 0.15) is 0 Å². The Morgan fingerprint density at radius 1 is 1.27 bits per heavy atom. The monoisotopic (exact) mass is 320 g/mol. The fourth-order valence-electron chi connectivity index (χ4n) is 3.63. The molecule has 1 saturated heterocycles. The second kappa shape index (κ2) is 6.32. The van der Waals surface area contributed by atoms with Gasteiger partial charge < -0.3 is 4.90 Å². The van der Waals surface area contributed by atoms with E-state index in [-0.39, 0.29) is 5.41 Å². The molecule has 0 spiro atoms. The van der Waals surface area contributed by atoms with Crippen molar-refractivity contribution in [2.75, 3.05) is 19.6 Å². The average molecular weight is 321 g/mol. The zero-order valence-electron chi connectivity index (χ0n) is 14.1. The van der Waals surface area contributed by atoms with Gasteiger partial charge in [0, 0.05) is 43.5 Å². The molecule has 0 saturated carbocycles. The lowest BCUT2D eigenvalue weighted by Crippen LogP contribution is -2.48. The number of fused-ring (bicyclic) bond motifs is 1. The fraction of sp³-hybridized carbons (Fsp3) is 0.722. The van der Waals surface area contributed by atoms with E-state index >= 15 is 0 Å². The van der Waals surface area contributed by atoms with Crippen LogP contribution in [0.15, 0.2) is 11.4 Å². The van der Waals surface area contributed by atoms with Crippen molar-refractivity contribution < 1.29 is 4.79 Å². The van der Waals surface area contributed by atoms with Gasteiger partial charge in [-0.05, 0) is 41.7 Å². The third kappa shape index (κ3) is 3.72. The lowest BCUT2D eigenvalue weighted by molar-refractivity contribution is -0.134. The van der Waals surface area contributed by atoms with Crippen LogP contribution < -0.4 is 0 Å². The zero-order valence-corrected chi connectivity index (χ0v) is 14.9. The average Bonchev–Trinajstić information content (AvgIpc) is 2.93. The van der Waals surface area contributed by atoms with Crippen molar-refractivity contribution in [3.63, 3.8) is 0 Å². The molecular weight excluding hydrogens is 292 g/mol. The number of hydrogen-bond donors (Lipinski definition) is 0. The Hall–Kier alpha value is -0.870. The maximum atomic E-state index is 12.3. The third-order valence-corrected chi connectivity index (χ3v) is 5.88. The first-order chi connectivity index (χ1) is 10.4. The largest absolute Gasteiger partial charge is 0.343 e. The number of piperidine rings is 1. The molecule has 3 heterocycles. The van der Waals surface area contributed by atoms with Crippen molar-refractivity contribution in [2.24, 2.45) is 5.41 Å². The van der Waals surface area contributed by atoms with E-state index in [1.54, 1.807) is 4.88 Å². The van der Waals surface area contributed by atoms with Gasteiger partial charge in [0.2, 0.25) is 5.91 Å². The molecule has 22 heavy (non-hydrogen) atoms. The molecule has 3 nitrogen and oxygen atoms in total. The van der Waals surface area contributed by atoms with Crippen molar-refractivity contribution in [3.8, 4) is 0 Å². The highest BCUT2D eigenvalue weighted by atomic mass is 32.1. The highest BCUT2D eigenvalue weighted by Gasteiger charge is 2.30. The first-order valence-corrected chi connectivity index (χ1v) is 9.37. The molecule has 122 valence electrons. The van der Waals surface area contributed by atoms with E-state index in [0.29, 0.717) is 18.4 Å². The van der Waals surface area contributed by atoms with E-state index < -0.39 is 0 Å². The highest BCUT2D eigenvalue weighted by molar-refractivity contribution is 7.10. The molecule has 0 N–H and O–H groups in total. The summed E-state index contributed by atoms with van der Waals surface area (Å²) in [6.07, 6.45) is 4.14. The van der Waals surface area contributed by atoms with Gasteiger partial charge in [-0.3, -0.25) is 9.69 Å². The second-order valence-electron chi connectivity index (χ2n) is 7.94. The number of hydrogen-bond acceptors (Lipinski definition) is 3. The summed E-state index contributed by atoms with van der Waals surface area (Å²) < 4.78 is 0. The molecule has 2 aliphatic rings. The normalized spacial score (nSPS) is 21.0. The molecule has 0 unspecified atom stereocenters. The summed E-state index contributed by atoms with van der Waals surface area (Å²) in [7, 11) is 0. The van der Waals surface area contributed by atoms with E-state index in [1.165, 1.54) is 18.5 Å².